The van der Waals surface area contributed by atoms with Crippen LogP contribution in [-0.4, -0.2) is 22.9 Å². The lowest BCUT2D eigenvalue weighted by molar-refractivity contribution is -0.384. The van der Waals surface area contributed by atoms with Crippen LogP contribution in [0.15, 0.2) is 54.8 Å². The molecule has 0 amide bonds. The van der Waals surface area contributed by atoms with Crippen LogP contribution in [-0.2, 0) is 0 Å². The van der Waals surface area contributed by atoms with Crippen molar-refractivity contribution in [2.24, 2.45) is 0 Å². The second kappa shape index (κ2) is 5.31. The van der Waals surface area contributed by atoms with Crippen LogP contribution < -0.4 is 0 Å². The summed E-state index contributed by atoms with van der Waals surface area (Å²) >= 11 is 0. The van der Waals surface area contributed by atoms with E-state index in [0.29, 0.717) is 0 Å². The molecule has 1 unspecified atom stereocenters. The van der Waals surface area contributed by atoms with Crippen molar-refractivity contribution < 1.29 is 4.92 Å². The molecule has 1 aromatic rings. The molecular weight excluding hydrogens is 228 g/mol. The number of rotatable bonds is 3. The molecule has 0 radical (unpaired) electrons. The van der Waals surface area contributed by atoms with Crippen molar-refractivity contribution >= 4 is 11.8 Å². The fourth-order valence-corrected chi connectivity index (χ4v) is 1.72. The number of nitrogens with zero attached hydrogens (tertiary/aromatic N) is 2. The number of hydrogen-bond acceptors (Lipinski definition) is 3. The van der Waals surface area contributed by atoms with Crippen LogP contribution in [0, 0.1) is 10.1 Å². The standard InChI is InChI=1S/C14H14N2O2/c1-15-11-3-2-4-13(15)8-5-12-6-9-14(10-7-12)16(17)18/h2-11,13H,1H3/b8-5+. The normalized spacial score (nSPS) is 18.5. The lowest BCUT2D eigenvalue weighted by Crippen LogP contribution is -2.24. The molecule has 0 bridgehead atoms. The Bertz CT molecular complexity index is 515. The summed E-state index contributed by atoms with van der Waals surface area (Å²) < 4.78 is 0. The van der Waals surface area contributed by atoms with Gasteiger partial charge in [-0.25, -0.2) is 0 Å². The van der Waals surface area contributed by atoms with Crippen molar-refractivity contribution in [3.8, 4) is 0 Å². The van der Waals surface area contributed by atoms with Crippen molar-refractivity contribution in [1.29, 1.82) is 0 Å². The molecule has 0 saturated carbocycles. The Labute approximate surface area is 106 Å². The first kappa shape index (κ1) is 12.1. The molecule has 0 saturated heterocycles. The van der Waals surface area contributed by atoms with Crippen LogP contribution in [0.1, 0.15) is 5.56 Å². The van der Waals surface area contributed by atoms with E-state index in [1.807, 2.05) is 31.5 Å². The van der Waals surface area contributed by atoms with E-state index in [4.69, 9.17) is 0 Å². The number of likely N-dealkylation sites (N-methyl/N-ethyl adjacent to an activating group) is 1. The zero-order chi connectivity index (χ0) is 13.0. The largest absolute Gasteiger partial charge is 0.371 e. The fourth-order valence-electron chi connectivity index (χ4n) is 1.72. The van der Waals surface area contributed by atoms with Gasteiger partial charge in [0.05, 0.1) is 11.0 Å². The van der Waals surface area contributed by atoms with Gasteiger partial charge in [-0.1, -0.05) is 24.3 Å². The number of hydrogen-bond donors (Lipinski definition) is 0. The van der Waals surface area contributed by atoms with Gasteiger partial charge in [-0.15, -0.1) is 0 Å². The first-order valence-corrected chi connectivity index (χ1v) is 5.66. The van der Waals surface area contributed by atoms with Crippen LogP contribution in [0.5, 0.6) is 0 Å². The van der Waals surface area contributed by atoms with Gasteiger partial charge in [0.15, 0.2) is 0 Å². The van der Waals surface area contributed by atoms with E-state index in [-0.39, 0.29) is 11.7 Å². The van der Waals surface area contributed by atoms with Crippen molar-refractivity contribution in [3.63, 3.8) is 0 Å². The highest BCUT2D eigenvalue weighted by Gasteiger charge is 2.06. The molecule has 0 N–H and O–H groups in total. The molecule has 1 heterocycles. The quantitative estimate of drug-likeness (QED) is 0.604. The molecule has 0 aromatic heterocycles. The maximum absolute atomic E-state index is 10.5. The van der Waals surface area contributed by atoms with E-state index >= 15 is 0 Å². The molecule has 2 rings (SSSR count). The van der Waals surface area contributed by atoms with Gasteiger partial charge in [0.25, 0.3) is 5.69 Å². The third kappa shape index (κ3) is 2.85. The first-order chi connectivity index (χ1) is 8.66. The van der Waals surface area contributed by atoms with Crippen molar-refractivity contribution in [3.05, 3.63) is 70.4 Å². The minimum atomic E-state index is -0.393. The number of allylic oxidation sites excluding steroid dienone is 2. The Kier molecular flexibility index (Phi) is 3.57. The monoisotopic (exact) mass is 242 g/mol. The Morgan fingerprint density at radius 2 is 2.00 bits per heavy atom. The third-order valence-electron chi connectivity index (χ3n) is 2.80. The van der Waals surface area contributed by atoms with Crippen LogP contribution >= 0.6 is 0 Å². The summed E-state index contributed by atoms with van der Waals surface area (Å²) in [6.45, 7) is 0. The summed E-state index contributed by atoms with van der Waals surface area (Å²) in [4.78, 5) is 12.2. The van der Waals surface area contributed by atoms with Gasteiger partial charge in [-0.3, -0.25) is 10.1 Å². The second-order valence-corrected chi connectivity index (χ2v) is 4.09. The molecular formula is C14H14N2O2. The van der Waals surface area contributed by atoms with Crippen molar-refractivity contribution in [1.82, 2.24) is 4.90 Å². The van der Waals surface area contributed by atoms with E-state index in [0.717, 1.165) is 5.56 Å². The van der Waals surface area contributed by atoms with Gasteiger partial charge < -0.3 is 4.90 Å². The molecule has 1 aromatic carbocycles. The highest BCUT2D eigenvalue weighted by molar-refractivity contribution is 5.53. The predicted molar refractivity (Wildman–Crippen MR) is 72.0 cm³/mol. The van der Waals surface area contributed by atoms with Crippen LogP contribution in [0.25, 0.3) is 6.08 Å². The molecule has 1 atom stereocenters. The summed E-state index contributed by atoms with van der Waals surface area (Å²) in [6, 6.07) is 6.75. The van der Waals surface area contributed by atoms with Crippen LogP contribution in [0.4, 0.5) is 5.69 Å². The van der Waals surface area contributed by atoms with Gasteiger partial charge in [-0.2, -0.15) is 0 Å². The SMILES string of the molecule is CN1C=CC=CC1/C=C/c1ccc([N+](=O)[O-])cc1. The minimum Gasteiger partial charge on any atom is -0.371 e. The zero-order valence-corrected chi connectivity index (χ0v) is 10.1. The van der Waals surface area contributed by atoms with Gasteiger partial charge in [0.1, 0.15) is 0 Å². The topological polar surface area (TPSA) is 46.4 Å². The molecule has 18 heavy (non-hydrogen) atoms. The van der Waals surface area contributed by atoms with E-state index in [1.165, 1.54) is 12.1 Å². The first-order valence-electron chi connectivity index (χ1n) is 5.66. The number of non-ortho nitro benzene ring substituents is 1. The highest BCUT2D eigenvalue weighted by atomic mass is 16.6. The van der Waals surface area contributed by atoms with Crippen LogP contribution in [0.2, 0.25) is 0 Å². The molecule has 0 aliphatic carbocycles. The smallest absolute Gasteiger partial charge is 0.269 e. The lowest BCUT2D eigenvalue weighted by atomic mass is 10.1. The summed E-state index contributed by atoms with van der Waals surface area (Å²) in [7, 11) is 2.00. The Hall–Kier alpha value is -2.36. The van der Waals surface area contributed by atoms with Gasteiger partial charge in [0.2, 0.25) is 0 Å². The summed E-state index contributed by atoms with van der Waals surface area (Å²) in [5.74, 6) is 0. The average Bonchev–Trinajstić information content (AvgIpc) is 2.38. The summed E-state index contributed by atoms with van der Waals surface area (Å²) in [6.07, 6.45) is 12.1. The molecule has 0 spiro atoms. The van der Waals surface area contributed by atoms with E-state index in [2.05, 4.69) is 17.1 Å². The van der Waals surface area contributed by atoms with E-state index in [1.54, 1.807) is 12.1 Å². The van der Waals surface area contributed by atoms with Gasteiger partial charge in [0, 0.05) is 19.2 Å². The molecule has 4 heteroatoms. The summed E-state index contributed by atoms with van der Waals surface area (Å²) in [5, 5.41) is 10.5. The molecule has 0 fully saturated rings. The number of nitro benzene ring substituents is 1. The number of nitro groups is 1. The molecule has 4 nitrogen and oxygen atoms in total. The Morgan fingerprint density at radius 1 is 1.28 bits per heavy atom. The summed E-state index contributed by atoms with van der Waals surface area (Å²) in [5.41, 5.74) is 1.07. The van der Waals surface area contributed by atoms with E-state index in [9.17, 15) is 10.1 Å². The maximum atomic E-state index is 10.5. The predicted octanol–water partition coefficient (Wildman–Crippen LogP) is 2.99. The Morgan fingerprint density at radius 3 is 2.61 bits per heavy atom. The van der Waals surface area contributed by atoms with Crippen molar-refractivity contribution in [2.75, 3.05) is 7.05 Å². The lowest BCUT2D eigenvalue weighted by Gasteiger charge is -2.23. The maximum Gasteiger partial charge on any atom is 0.269 e. The molecule has 92 valence electrons. The minimum absolute atomic E-state index is 0.116. The zero-order valence-electron chi connectivity index (χ0n) is 10.1. The average molecular weight is 242 g/mol. The molecule has 1 aliphatic rings. The number of benzene rings is 1. The van der Waals surface area contributed by atoms with Crippen molar-refractivity contribution in [2.45, 2.75) is 6.04 Å². The van der Waals surface area contributed by atoms with Gasteiger partial charge in [-0.05, 0) is 30.0 Å². The molecule has 1 aliphatic heterocycles. The second-order valence-electron chi connectivity index (χ2n) is 4.09. The Balaban J connectivity index is 2.07. The van der Waals surface area contributed by atoms with Gasteiger partial charge >= 0.3 is 0 Å². The fraction of sp³-hybridized carbons (Fsp3) is 0.143. The third-order valence-corrected chi connectivity index (χ3v) is 2.80. The van der Waals surface area contributed by atoms with Crippen LogP contribution in [0.3, 0.4) is 0 Å². The van der Waals surface area contributed by atoms with E-state index < -0.39 is 4.92 Å². The highest BCUT2D eigenvalue weighted by Crippen LogP contribution is 2.14.